The number of phenols is 4. The first-order chi connectivity index (χ1) is 47.9. The fourth-order valence-electron chi connectivity index (χ4n) is 8.92. The van der Waals surface area contributed by atoms with Gasteiger partial charge in [-0.15, -0.1) is 9.35 Å². The Morgan fingerprint density at radius 3 is 1.38 bits per heavy atom. The molecule has 1 amide bonds. The van der Waals surface area contributed by atoms with Crippen molar-refractivity contribution >= 4 is 168 Å². The molecule has 8 aromatic rings. The van der Waals surface area contributed by atoms with E-state index in [1.165, 1.54) is 75.3 Å². The molecule has 0 saturated carbocycles. The number of benzene rings is 8. The summed E-state index contributed by atoms with van der Waals surface area (Å²) in [4.78, 5) is 22.5. The topological polar surface area (TPSA) is 285 Å². The van der Waals surface area contributed by atoms with Crippen LogP contribution in [0.15, 0.2) is 138 Å². The molecule has 0 spiro atoms. The number of unbranched alkanes of at least 4 members (excludes halogenated alkanes) is 9. The van der Waals surface area contributed by atoms with Gasteiger partial charge in [0, 0.05) is 34.4 Å². The molecule has 0 aromatic heterocycles. The lowest BCUT2D eigenvalue weighted by Crippen LogP contribution is -2.17. The SMILES string of the molecule is CCCCCCCCCCCCS(=O)(=O)Nc1ccc(OPNc2cc(C)c(O)c(Cl)c2)cc1.Cc1cc(NC(=O)C(C)C)cc(C)c1OOPNc1cc(Cl)c(O)c(Cl)c1.Cc1cccc(OOPNc2cc(Cl)c(O)c(Cl)c2)c1.Cc1ccccc1S(=O)(=O)Nc1cc(Cl)c(O)c(Cl)c1. The van der Waals surface area contributed by atoms with Crippen molar-refractivity contribution in [3.63, 3.8) is 0 Å². The second-order valence-electron chi connectivity index (χ2n) is 23.0. The molecule has 10 N–H and O–H groups in total. The summed E-state index contributed by atoms with van der Waals surface area (Å²) < 4.78 is 70.2. The molecule has 0 bridgehead atoms. The van der Waals surface area contributed by atoms with Crippen LogP contribution in [0.3, 0.4) is 0 Å². The number of carbonyl (C=O) groups excluding carboxylic acids is 1. The summed E-state index contributed by atoms with van der Waals surface area (Å²) in [5, 5.41) is 50.9. The summed E-state index contributed by atoms with van der Waals surface area (Å²) in [5.74, 6) is 1.30. The maximum absolute atomic E-state index is 12.3. The Morgan fingerprint density at radius 2 is 0.891 bits per heavy atom. The lowest BCUT2D eigenvalue weighted by molar-refractivity contribution is -0.118. The molecule has 20 nitrogen and oxygen atoms in total. The van der Waals surface area contributed by atoms with E-state index in [4.69, 9.17) is 105 Å². The first-order valence-electron chi connectivity index (χ1n) is 31.4. The standard InChI is InChI=1S/C25H38ClN2O4PS.C18H21Cl2N2O4P.C13H12Cl2NO3P.C13H11Cl2NO3S/c1-3-4-5-6-7-8-9-10-11-12-17-34(30,31)28-21-13-15-23(16-14-21)32-33-27-22-18-20(2)25(29)24(26)19-22;1-9(2)18(24)21-12-5-10(3)17(11(4)6-12)25-26-27-22-13-7-14(19)16(23)15(20)8-13;1-8-3-2-4-10(5-8)18-19-20-16-9-6-11(14)13(17)12(15)7-9;1-8-4-2-3-5-12(8)20(18,19)16-9-6-10(14)13(17)11(15)7-9/h13-16,18-19,27-29,33H,3-12,17H2,1-2H3;5-9,22-23,27H,1-4H3,(H,21,24);2-7,16-17,20H,1H3;2-7,16-17H,1H3. The van der Waals surface area contributed by atoms with Gasteiger partial charge in [-0.3, -0.25) is 14.2 Å². The zero-order valence-corrected chi connectivity index (χ0v) is 66.3. The van der Waals surface area contributed by atoms with Crippen LogP contribution in [0.5, 0.6) is 40.2 Å². The quantitative estimate of drug-likeness (QED) is 0.00616. The molecule has 0 fully saturated rings. The Labute approximate surface area is 631 Å². The number of anilines is 6. The first-order valence-corrected chi connectivity index (χ1v) is 39.9. The van der Waals surface area contributed by atoms with Gasteiger partial charge in [0.05, 0.1) is 51.5 Å². The average molecular weight is 1620 g/mol. The minimum absolute atomic E-state index is 0.0278. The van der Waals surface area contributed by atoms with E-state index < -0.39 is 20.0 Å². The molecule has 32 heteroatoms. The molecule has 548 valence electrons. The van der Waals surface area contributed by atoms with E-state index in [-0.39, 0.29) is 113 Å². The van der Waals surface area contributed by atoms with Gasteiger partial charge < -0.3 is 55.3 Å². The van der Waals surface area contributed by atoms with E-state index >= 15 is 0 Å². The molecule has 0 aliphatic heterocycles. The molecular weight excluding hydrogens is 1540 g/mol. The second kappa shape index (κ2) is 43.3. The highest BCUT2D eigenvalue weighted by atomic mass is 35.5. The van der Waals surface area contributed by atoms with E-state index in [0.29, 0.717) is 57.5 Å². The molecule has 0 radical (unpaired) electrons. The molecule has 3 unspecified atom stereocenters. The second-order valence-corrected chi connectivity index (χ2v) is 31.2. The van der Waals surface area contributed by atoms with Crippen molar-refractivity contribution in [2.45, 2.75) is 124 Å². The molecule has 8 rings (SSSR count). The van der Waals surface area contributed by atoms with Gasteiger partial charge in [0.15, 0.2) is 55.6 Å². The first kappa shape index (κ1) is 85.6. The highest BCUT2D eigenvalue weighted by molar-refractivity contribution is 7.93. The lowest BCUT2D eigenvalue weighted by Gasteiger charge is -2.14. The van der Waals surface area contributed by atoms with Crippen LogP contribution in [-0.4, -0.2) is 48.9 Å². The van der Waals surface area contributed by atoms with Gasteiger partial charge >= 0.3 is 0 Å². The highest BCUT2D eigenvalue weighted by Gasteiger charge is 2.19. The van der Waals surface area contributed by atoms with Gasteiger partial charge in [-0.05, 0) is 172 Å². The third-order valence-corrected chi connectivity index (χ3v) is 21.0. The smallest absolute Gasteiger partial charge is 0.262 e. The third kappa shape index (κ3) is 30.3. The van der Waals surface area contributed by atoms with Crippen LogP contribution in [0.1, 0.15) is 113 Å². The summed E-state index contributed by atoms with van der Waals surface area (Å²) in [6.45, 7) is 15.1. The zero-order valence-electron chi connectivity index (χ0n) is 56.4. The molecular formula is C69H82Cl7N6O14P3S2. The predicted octanol–water partition coefficient (Wildman–Crippen LogP) is 22.6. The van der Waals surface area contributed by atoms with Crippen LogP contribution in [0.4, 0.5) is 34.1 Å². The molecule has 0 heterocycles. The zero-order chi connectivity index (χ0) is 74.4. The van der Waals surface area contributed by atoms with Crippen molar-refractivity contribution in [1.29, 1.82) is 0 Å². The monoisotopic (exact) mass is 1620 g/mol. The Hall–Kier alpha value is -6.03. The number of aromatic hydroxyl groups is 4. The van der Waals surface area contributed by atoms with Gasteiger partial charge in [-0.1, -0.05) is 190 Å². The number of sulfonamides is 2. The van der Waals surface area contributed by atoms with E-state index in [1.54, 1.807) is 86.6 Å². The van der Waals surface area contributed by atoms with Crippen LogP contribution in [-0.2, 0) is 34.2 Å². The van der Waals surface area contributed by atoms with E-state index in [0.717, 1.165) is 35.2 Å². The number of rotatable bonds is 32. The average Bonchev–Trinajstić information content (AvgIpc) is 0.808. The number of hydrogen-bond acceptors (Lipinski definition) is 17. The number of nitrogens with one attached hydrogen (secondary N) is 6. The molecule has 3 atom stereocenters. The molecule has 0 aliphatic rings. The Bertz CT molecular complexity index is 4140. The Morgan fingerprint density at radius 1 is 0.446 bits per heavy atom. The van der Waals surface area contributed by atoms with Crippen molar-refractivity contribution in [3.8, 4) is 40.2 Å². The van der Waals surface area contributed by atoms with Crippen molar-refractivity contribution < 1.29 is 65.7 Å². The third-order valence-electron chi connectivity index (χ3n) is 14.2. The highest BCUT2D eigenvalue weighted by Crippen LogP contribution is 2.40. The largest absolute Gasteiger partial charge is 0.506 e. The van der Waals surface area contributed by atoms with Gasteiger partial charge in [0.2, 0.25) is 15.9 Å². The van der Waals surface area contributed by atoms with Crippen LogP contribution in [0, 0.1) is 40.5 Å². The van der Waals surface area contributed by atoms with Crippen molar-refractivity contribution in [2.75, 3.05) is 35.8 Å². The van der Waals surface area contributed by atoms with Crippen LogP contribution < -0.4 is 44.3 Å². The Kier molecular flexibility index (Phi) is 36.7. The summed E-state index contributed by atoms with van der Waals surface area (Å²) in [7, 11) is -7.54. The lowest BCUT2D eigenvalue weighted by atomic mass is 10.1. The van der Waals surface area contributed by atoms with E-state index in [2.05, 4.69) is 36.9 Å². The van der Waals surface area contributed by atoms with Gasteiger partial charge in [-0.25, -0.2) is 16.8 Å². The molecule has 101 heavy (non-hydrogen) atoms. The number of halogens is 7. The van der Waals surface area contributed by atoms with Crippen molar-refractivity contribution in [3.05, 3.63) is 196 Å². The fraction of sp³-hybridized carbons (Fsp3) is 0.290. The van der Waals surface area contributed by atoms with Crippen molar-refractivity contribution in [1.82, 2.24) is 0 Å². The number of carbonyl (C=O) groups is 1. The van der Waals surface area contributed by atoms with E-state index in [9.17, 15) is 42.1 Å². The summed E-state index contributed by atoms with van der Waals surface area (Å²) in [6.07, 6.45) is 11.7. The molecule has 8 aromatic carbocycles. The normalized spacial score (nSPS) is 11.4. The number of aryl methyl sites for hydroxylation is 5. The summed E-state index contributed by atoms with van der Waals surface area (Å²) in [5.41, 5.74) is 7.42. The van der Waals surface area contributed by atoms with Crippen LogP contribution in [0.2, 0.25) is 35.2 Å². The number of phenolic OH excluding ortho intramolecular Hbond substituents is 4. The summed E-state index contributed by atoms with van der Waals surface area (Å²) >= 11 is 40.8. The maximum atomic E-state index is 12.3. The summed E-state index contributed by atoms with van der Waals surface area (Å²) in [6, 6.07) is 36.7. The molecule has 0 aliphatic carbocycles. The predicted molar refractivity (Wildman–Crippen MR) is 420 cm³/mol. The molecule has 0 saturated heterocycles. The minimum Gasteiger partial charge on any atom is -0.506 e. The fourth-order valence-corrected chi connectivity index (χ4v) is 14.6. The van der Waals surface area contributed by atoms with Gasteiger partial charge in [-0.2, -0.15) is 0 Å². The minimum atomic E-state index is -3.74. The van der Waals surface area contributed by atoms with Crippen LogP contribution in [0.25, 0.3) is 0 Å². The van der Waals surface area contributed by atoms with Crippen molar-refractivity contribution in [2.24, 2.45) is 5.92 Å². The Balaban J connectivity index is 0.000000248. The number of amides is 1. The van der Waals surface area contributed by atoms with E-state index in [1.807, 2.05) is 65.0 Å². The van der Waals surface area contributed by atoms with Gasteiger partial charge in [0.25, 0.3) is 10.0 Å². The van der Waals surface area contributed by atoms with Gasteiger partial charge in [0.1, 0.15) is 11.5 Å². The maximum Gasteiger partial charge on any atom is 0.262 e. The van der Waals surface area contributed by atoms with Crippen LogP contribution >= 0.6 is 108 Å². The number of hydrogen-bond donors (Lipinski definition) is 10.